The molecule has 1 aliphatic rings. The summed E-state index contributed by atoms with van der Waals surface area (Å²) in [6.07, 6.45) is 0.473. The first kappa shape index (κ1) is 19.2. The molecule has 5 nitrogen and oxygen atoms in total. The van der Waals surface area contributed by atoms with Gasteiger partial charge in [-0.1, -0.05) is 23.2 Å². The molecule has 1 saturated heterocycles. The first-order valence-corrected chi connectivity index (χ1v) is 8.62. The minimum absolute atomic E-state index is 0.108. The van der Waals surface area contributed by atoms with Gasteiger partial charge in [0, 0.05) is 18.1 Å². The number of benzene rings is 1. The Labute approximate surface area is 152 Å². The molecule has 0 radical (unpaired) electrons. The maximum atomic E-state index is 12.0. The lowest BCUT2D eigenvalue weighted by molar-refractivity contribution is -0.0561. The molecule has 134 valence electrons. The summed E-state index contributed by atoms with van der Waals surface area (Å²) in [5, 5.41) is 11.6. The lowest BCUT2D eigenvalue weighted by Crippen LogP contribution is -2.50. The Hall–Kier alpha value is -1.17. The Morgan fingerprint density at radius 1 is 1.29 bits per heavy atom. The van der Waals surface area contributed by atoms with Gasteiger partial charge >= 0.3 is 6.09 Å². The number of rotatable bonds is 3. The monoisotopic (exact) mass is 375 g/mol. The zero-order valence-electron chi connectivity index (χ0n) is 14.1. The van der Waals surface area contributed by atoms with Gasteiger partial charge < -0.3 is 19.5 Å². The summed E-state index contributed by atoms with van der Waals surface area (Å²) >= 11 is 11.9. The van der Waals surface area contributed by atoms with E-state index in [9.17, 15) is 9.90 Å². The van der Waals surface area contributed by atoms with Gasteiger partial charge in [0.2, 0.25) is 0 Å². The molecule has 0 aliphatic carbocycles. The molecular formula is C17H23Cl2NO4. The van der Waals surface area contributed by atoms with Crippen molar-refractivity contribution >= 4 is 29.3 Å². The van der Waals surface area contributed by atoms with Crippen molar-refractivity contribution in [3.63, 3.8) is 0 Å². The van der Waals surface area contributed by atoms with Crippen LogP contribution in [-0.2, 0) is 4.74 Å². The molecule has 1 N–H and O–H groups in total. The lowest BCUT2D eigenvalue weighted by Gasteiger charge is -2.38. The topological polar surface area (TPSA) is 59.0 Å². The minimum Gasteiger partial charge on any atom is -0.489 e. The number of amides is 1. The molecule has 2 rings (SSSR count). The number of likely N-dealkylation sites (tertiary alicyclic amines) is 1. The van der Waals surface area contributed by atoms with Gasteiger partial charge in [0.1, 0.15) is 23.6 Å². The van der Waals surface area contributed by atoms with E-state index >= 15 is 0 Å². The van der Waals surface area contributed by atoms with Crippen molar-refractivity contribution in [1.29, 1.82) is 0 Å². The summed E-state index contributed by atoms with van der Waals surface area (Å²) in [5.41, 5.74) is -1.53. The maximum Gasteiger partial charge on any atom is 0.410 e. The molecule has 1 amide bonds. The Morgan fingerprint density at radius 3 is 2.46 bits per heavy atom. The Bertz CT molecular complexity index is 593. The third kappa shape index (κ3) is 5.43. The van der Waals surface area contributed by atoms with E-state index in [0.717, 1.165) is 0 Å². The van der Waals surface area contributed by atoms with Crippen LogP contribution >= 0.6 is 23.2 Å². The van der Waals surface area contributed by atoms with Crippen LogP contribution in [0.1, 0.15) is 33.6 Å². The SMILES string of the molecule is CC(C)(C)OC(=O)N1CCC(O)(COc2ccc(Cl)cc2Cl)CC1. The van der Waals surface area contributed by atoms with E-state index in [1.807, 2.05) is 20.8 Å². The fourth-order valence-electron chi connectivity index (χ4n) is 2.38. The van der Waals surface area contributed by atoms with E-state index in [1.165, 1.54) is 0 Å². The molecule has 1 aromatic rings. The lowest BCUT2D eigenvalue weighted by atomic mass is 9.92. The highest BCUT2D eigenvalue weighted by Crippen LogP contribution is 2.30. The van der Waals surface area contributed by atoms with Crippen molar-refractivity contribution in [2.24, 2.45) is 0 Å². The van der Waals surface area contributed by atoms with Gasteiger partial charge in [-0.2, -0.15) is 0 Å². The van der Waals surface area contributed by atoms with Crippen LogP contribution < -0.4 is 4.74 Å². The summed E-state index contributed by atoms with van der Waals surface area (Å²) in [6, 6.07) is 4.94. The first-order chi connectivity index (χ1) is 11.1. The predicted molar refractivity (Wildman–Crippen MR) is 93.9 cm³/mol. The normalized spacial score (nSPS) is 17.5. The second-order valence-electron chi connectivity index (χ2n) is 7.06. The molecule has 1 aromatic carbocycles. The van der Waals surface area contributed by atoms with Crippen LogP contribution in [0.5, 0.6) is 5.75 Å². The van der Waals surface area contributed by atoms with Crippen LogP contribution in [0, 0.1) is 0 Å². The van der Waals surface area contributed by atoms with Gasteiger partial charge in [0.25, 0.3) is 0 Å². The van der Waals surface area contributed by atoms with Crippen molar-refractivity contribution in [2.45, 2.75) is 44.8 Å². The minimum atomic E-state index is -0.999. The van der Waals surface area contributed by atoms with E-state index in [2.05, 4.69) is 0 Å². The smallest absolute Gasteiger partial charge is 0.410 e. The molecule has 0 unspecified atom stereocenters. The average molecular weight is 376 g/mol. The van der Waals surface area contributed by atoms with Gasteiger partial charge in [0.15, 0.2) is 0 Å². The highest BCUT2D eigenvalue weighted by Gasteiger charge is 2.36. The molecule has 0 saturated carbocycles. The van der Waals surface area contributed by atoms with Crippen molar-refractivity contribution < 1.29 is 19.4 Å². The number of carbonyl (C=O) groups is 1. The molecule has 1 aliphatic heterocycles. The third-order valence-electron chi connectivity index (χ3n) is 3.74. The fourth-order valence-corrected chi connectivity index (χ4v) is 2.84. The number of nitrogens with zero attached hydrogens (tertiary/aromatic N) is 1. The summed E-state index contributed by atoms with van der Waals surface area (Å²) in [4.78, 5) is 13.6. The fraction of sp³-hybridized carbons (Fsp3) is 0.588. The van der Waals surface area contributed by atoms with Crippen LogP contribution in [0.4, 0.5) is 4.79 Å². The summed E-state index contributed by atoms with van der Waals surface area (Å²) < 4.78 is 11.0. The van der Waals surface area contributed by atoms with Crippen molar-refractivity contribution in [1.82, 2.24) is 4.90 Å². The quantitative estimate of drug-likeness (QED) is 0.862. The molecule has 1 fully saturated rings. The predicted octanol–water partition coefficient (Wildman–Crippen LogP) is 4.13. The summed E-state index contributed by atoms with van der Waals surface area (Å²) in [5.74, 6) is 0.476. The van der Waals surface area contributed by atoms with Crippen LogP contribution in [0.15, 0.2) is 18.2 Å². The average Bonchev–Trinajstić information content (AvgIpc) is 2.45. The standard InChI is InChI=1S/C17H23Cl2NO4/c1-16(2,3)24-15(21)20-8-6-17(22,7-9-20)11-23-14-5-4-12(18)10-13(14)19/h4-5,10,22H,6-9,11H2,1-3H3. The molecular weight excluding hydrogens is 353 g/mol. The van der Waals surface area contributed by atoms with Crippen molar-refractivity contribution in [3.05, 3.63) is 28.2 Å². The van der Waals surface area contributed by atoms with E-state index in [1.54, 1.807) is 23.1 Å². The van der Waals surface area contributed by atoms with Crippen LogP contribution in [0.3, 0.4) is 0 Å². The van der Waals surface area contributed by atoms with E-state index in [-0.39, 0.29) is 12.7 Å². The Kier molecular flexibility index (Phi) is 5.89. The maximum absolute atomic E-state index is 12.0. The first-order valence-electron chi connectivity index (χ1n) is 7.86. The molecule has 0 spiro atoms. The molecule has 0 aromatic heterocycles. The van der Waals surface area contributed by atoms with Gasteiger partial charge in [-0.05, 0) is 51.8 Å². The van der Waals surface area contributed by atoms with Crippen LogP contribution in [-0.4, -0.2) is 47.0 Å². The molecule has 1 heterocycles. The van der Waals surface area contributed by atoms with Gasteiger partial charge in [-0.15, -0.1) is 0 Å². The van der Waals surface area contributed by atoms with E-state index in [4.69, 9.17) is 32.7 Å². The van der Waals surface area contributed by atoms with Gasteiger partial charge in [-0.25, -0.2) is 4.79 Å². The number of piperidine rings is 1. The van der Waals surface area contributed by atoms with Gasteiger partial charge in [-0.3, -0.25) is 0 Å². The highest BCUT2D eigenvalue weighted by atomic mass is 35.5. The van der Waals surface area contributed by atoms with Crippen molar-refractivity contribution in [3.8, 4) is 5.75 Å². The Morgan fingerprint density at radius 2 is 1.92 bits per heavy atom. The number of hydrogen-bond donors (Lipinski definition) is 1. The van der Waals surface area contributed by atoms with Crippen LogP contribution in [0.25, 0.3) is 0 Å². The summed E-state index contributed by atoms with van der Waals surface area (Å²) in [6.45, 7) is 6.43. The zero-order chi connectivity index (χ0) is 18.0. The van der Waals surface area contributed by atoms with Crippen molar-refractivity contribution in [2.75, 3.05) is 19.7 Å². The van der Waals surface area contributed by atoms with Crippen LogP contribution in [0.2, 0.25) is 10.0 Å². The van der Waals surface area contributed by atoms with E-state index < -0.39 is 11.2 Å². The summed E-state index contributed by atoms with van der Waals surface area (Å²) in [7, 11) is 0. The molecule has 7 heteroatoms. The number of ether oxygens (including phenoxy) is 2. The zero-order valence-corrected chi connectivity index (χ0v) is 15.7. The third-order valence-corrected chi connectivity index (χ3v) is 4.27. The molecule has 0 bridgehead atoms. The van der Waals surface area contributed by atoms with E-state index in [0.29, 0.717) is 41.7 Å². The Balaban J connectivity index is 1.87. The number of aliphatic hydroxyl groups is 1. The largest absolute Gasteiger partial charge is 0.489 e. The van der Waals surface area contributed by atoms with Gasteiger partial charge in [0.05, 0.1) is 5.02 Å². The number of carbonyl (C=O) groups excluding carboxylic acids is 1. The number of hydrogen-bond acceptors (Lipinski definition) is 4. The molecule has 0 atom stereocenters. The highest BCUT2D eigenvalue weighted by molar-refractivity contribution is 6.35. The number of halogens is 2. The second-order valence-corrected chi connectivity index (χ2v) is 7.90. The molecule has 24 heavy (non-hydrogen) atoms. The second kappa shape index (κ2) is 7.38.